The summed E-state index contributed by atoms with van der Waals surface area (Å²) < 4.78 is 32.2. The van der Waals surface area contributed by atoms with E-state index in [0.717, 1.165) is 32.6 Å². The lowest BCUT2D eigenvalue weighted by molar-refractivity contribution is -0.168. The van der Waals surface area contributed by atoms with Gasteiger partial charge in [0.15, 0.2) is 10.7 Å². The number of nitrogens with one attached hydrogen (secondary N) is 1. The Labute approximate surface area is 227 Å². The number of unbranched alkanes of at least 4 members (excludes halogenated alkanes) is 13. The monoisotopic (exact) mass is 564 g/mol. The molecule has 6 N–H and O–H groups in total. The van der Waals surface area contributed by atoms with Crippen LogP contribution in [-0.4, -0.2) is 58.7 Å². The van der Waals surface area contributed by atoms with Gasteiger partial charge in [0.25, 0.3) is 10.1 Å². The van der Waals surface area contributed by atoms with Crippen molar-refractivity contribution in [1.82, 2.24) is 5.32 Å². The third-order valence-electron chi connectivity index (χ3n) is 7.17. The molecule has 0 aromatic heterocycles. The summed E-state index contributed by atoms with van der Waals surface area (Å²) in [5.74, 6) is -6.62. The minimum Gasteiger partial charge on any atom is -0.480 e. The topological polar surface area (TPSA) is 201 Å². The van der Waals surface area contributed by atoms with Crippen molar-refractivity contribution in [2.75, 3.05) is 6.54 Å². The molecule has 12 heteroatoms. The lowest BCUT2D eigenvalue weighted by atomic mass is 9.74. The predicted molar refractivity (Wildman–Crippen MR) is 144 cm³/mol. The van der Waals surface area contributed by atoms with Crippen LogP contribution >= 0.6 is 0 Å². The molecule has 0 rings (SSSR count). The van der Waals surface area contributed by atoms with Crippen LogP contribution in [0.1, 0.15) is 117 Å². The Morgan fingerprint density at radius 1 is 0.789 bits per heavy atom. The van der Waals surface area contributed by atoms with E-state index >= 15 is 0 Å². The number of rotatable bonds is 24. The molecule has 2 atom stereocenters. The number of amides is 2. The van der Waals surface area contributed by atoms with Crippen molar-refractivity contribution in [3.63, 3.8) is 0 Å². The third-order valence-corrected chi connectivity index (χ3v) is 8.27. The van der Waals surface area contributed by atoms with E-state index in [0.29, 0.717) is 6.42 Å². The molecule has 0 heterocycles. The van der Waals surface area contributed by atoms with Gasteiger partial charge in [0.2, 0.25) is 11.8 Å². The molecule has 2 unspecified atom stereocenters. The van der Waals surface area contributed by atoms with Crippen LogP contribution in [0.25, 0.3) is 0 Å². The second-order valence-electron chi connectivity index (χ2n) is 10.3. The number of primary amides is 1. The van der Waals surface area contributed by atoms with Crippen molar-refractivity contribution < 1.29 is 42.4 Å². The number of carboxylic acids is 2. The maximum atomic E-state index is 12.3. The van der Waals surface area contributed by atoms with Crippen molar-refractivity contribution in [2.45, 2.75) is 122 Å². The van der Waals surface area contributed by atoms with E-state index in [9.17, 15) is 42.4 Å². The summed E-state index contributed by atoms with van der Waals surface area (Å²) in [6, 6.07) is 0. The standard InChI is InChI=1S/C26H48N2O9S/c1-3-4-5-6-7-8-9-10-11-12-13-14-15-16-17-20(26(2,24(31)32)25(33)34)19-28-23(30)21(18-22(27)29)38(35,36)37/h20-21H,3-19H2,1-2H3,(H2,27,29)(H,28,30)(H,31,32)(H,33,34)(H,35,36,37). The first kappa shape index (κ1) is 35.8. The number of carbonyl (C=O) groups is 4. The maximum Gasteiger partial charge on any atom is 0.321 e. The summed E-state index contributed by atoms with van der Waals surface area (Å²) in [7, 11) is -4.96. The summed E-state index contributed by atoms with van der Waals surface area (Å²) in [6.45, 7) is 2.79. The fourth-order valence-corrected chi connectivity index (χ4v) is 5.20. The number of nitrogens with two attached hydrogens (primary N) is 1. The fourth-order valence-electron chi connectivity index (χ4n) is 4.47. The van der Waals surface area contributed by atoms with Gasteiger partial charge in [0, 0.05) is 12.5 Å². The van der Waals surface area contributed by atoms with E-state index < -0.39 is 63.4 Å². The van der Waals surface area contributed by atoms with Crippen LogP contribution in [0.5, 0.6) is 0 Å². The van der Waals surface area contributed by atoms with Gasteiger partial charge in [-0.15, -0.1) is 0 Å². The largest absolute Gasteiger partial charge is 0.480 e. The molecular weight excluding hydrogens is 516 g/mol. The Balaban J connectivity index is 4.71. The minimum atomic E-state index is -4.96. The lowest BCUT2D eigenvalue weighted by Gasteiger charge is -2.30. The van der Waals surface area contributed by atoms with E-state index in [-0.39, 0.29) is 6.42 Å². The van der Waals surface area contributed by atoms with Crippen LogP contribution in [0.4, 0.5) is 0 Å². The van der Waals surface area contributed by atoms with Crippen LogP contribution in [-0.2, 0) is 29.3 Å². The zero-order valence-corrected chi connectivity index (χ0v) is 23.8. The van der Waals surface area contributed by atoms with E-state index in [4.69, 9.17) is 5.73 Å². The highest BCUT2D eigenvalue weighted by atomic mass is 32.2. The van der Waals surface area contributed by atoms with Gasteiger partial charge in [-0.25, -0.2) is 0 Å². The summed E-state index contributed by atoms with van der Waals surface area (Å²) in [4.78, 5) is 47.1. The zero-order chi connectivity index (χ0) is 29.2. The highest BCUT2D eigenvalue weighted by Gasteiger charge is 2.48. The molecule has 0 aromatic carbocycles. The van der Waals surface area contributed by atoms with Crippen LogP contribution in [0.3, 0.4) is 0 Å². The molecule has 0 aliphatic heterocycles. The Morgan fingerprint density at radius 2 is 1.18 bits per heavy atom. The molecule has 0 aliphatic carbocycles. The molecule has 0 spiro atoms. The molecule has 0 fully saturated rings. The van der Waals surface area contributed by atoms with Gasteiger partial charge in [-0.1, -0.05) is 96.8 Å². The molecule has 222 valence electrons. The minimum absolute atomic E-state index is 0.166. The van der Waals surface area contributed by atoms with E-state index in [1.54, 1.807) is 0 Å². The lowest BCUT2D eigenvalue weighted by Crippen LogP contribution is -2.50. The number of hydrogen-bond donors (Lipinski definition) is 5. The number of carbonyl (C=O) groups excluding carboxylic acids is 2. The van der Waals surface area contributed by atoms with Crippen molar-refractivity contribution in [3.8, 4) is 0 Å². The van der Waals surface area contributed by atoms with Gasteiger partial charge in [0.1, 0.15) is 0 Å². The van der Waals surface area contributed by atoms with Crippen molar-refractivity contribution >= 4 is 33.9 Å². The highest BCUT2D eigenvalue weighted by molar-refractivity contribution is 7.87. The second-order valence-corrected chi connectivity index (χ2v) is 11.9. The van der Waals surface area contributed by atoms with Crippen molar-refractivity contribution in [1.29, 1.82) is 0 Å². The summed E-state index contributed by atoms with van der Waals surface area (Å²) >= 11 is 0. The number of aliphatic carboxylic acids is 2. The molecular formula is C26H48N2O9S. The van der Waals surface area contributed by atoms with Gasteiger partial charge in [-0.05, 0) is 13.3 Å². The summed E-state index contributed by atoms with van der Waals surface area (Å²) in [5.41, 5.74) is 2.71. The molecule has 0 aliphatic rings. The van der Waals surface area contributed by atoms with Crippen LogP contribution in [0.2, 0.25) is 0 Å². The smallest absolute Gasteiger partial charge is 0.321 e. The first-order valence-corrected chi connectivity index (χ1v) is 15.3. The molecule has 38 heavy (non-hydrogen) atoms. The van der Waals surface area contributed by atoms with Gasteiger partial charge in [-0.2, -0.15) is 8.42 Å². The molecule has 0 saturated carbocycles. The molecule has 0 radical (unpaired) electrons. The van der Waals surface area contributed by atoms with Gasteiger partial charge in [0.05, 0.1) is 6.42 Å². The van der Waals surface area contributed by atoms with Crippen LogP contribution in [0.15, 0.2) is 0 Å². The molecule has 0 aromatic rings. The average Bonchev–Trinajstić information content (AvgIpc) is 2.82. The summed E-state index contributed by atoms with van der Waals surface area (Å²) in [5, 5.41) is 19.3. The second kappa shape index (κ2) is 18.9. The third kappa shape index (κ3) is 14.1. The fraction of sp³-hybridized carbons (Fsp3) is 0.846. The normalized spacial score (nSPS) is 13.6. The summed E-state index contributed by atoms with van der Waals surface area (Å²) in [6.07, 6.45) is 14.9. The SMILES string of the molecule is CCCCCCCCCCCCCCCCC(CNC(=O)C(CC(N)=O)S(=O)(=O)O)C(C)(C(=O)O)C(=O)O. The number of hydrogen-bond acceptors (Lipinski definition) is 6. The number of carboxylic acid groups (broad SMARTS) is 2. The molecule has 2 amide bonds. The van der Waals surface area contributed by atoms with Gasteiger partial charge in [-0.3, -0.25) is 23.7 Å². The Hall–Kier alpha value is -2.21. The average molecular weight is 565 g/mol. The molecule has 0 bridgehead atoms. The quantitative estimate of drug-likeness (QED) is 0.0654. The van der Waals surface area contributed by atoms with Crippen molar-refractivity contribution in [3.05, 3.63) is 0 Å². The Kier molecular flexibility index (Phi) is 17.8. The molecule has 11 nitrogen and oxygen atoms in total. The molecule has 0 saturated heterocycles. The van der Waals surface area contributed by atoms with Gasteiger partial charge < -0.3 is 21.3 Å². The maximum absolute atomic E-state index is 12.3. The first-order valence-electron chi connectivity index (χ1n) is 13.8. The Morgan fingerprint density at radius 3 is 1.53 bits per heavy atom. The van der Waals surface area contributed by atoms with E-state index in [1.165, 1.54) is 57.8 Å². The van der Waals surface area contributed by atoms with Crippen LogP contribution < -0.4 is 11.1 Å². The first-order chi connectivity index (χ1) is 17.8. The van der Waals surface area contributed by atoms with Crippen LogP contribution in [0, 0.1) is 11.3 Å². The van der Waals surface area contributed by atoms with E-state index in [2.05, 4.69) is 12.2 Å². The van der Waals surface area contributed by atoms with Gasteiger partial charge >= 0.3 is 11.9 Å². The van der Waals surface area contributed by atoms with Crippen molar-refractivity contribution in [2.24, 2.45) is 17.1 Å². The zero-order valence-electron chi connectivity index (χ0n) is 23.0. The van der Waals surface area contributed by atoms with E-state index in [1.807, 2.05) is 0 Å². The predicted octanol–water partition coefficient (Wildman–Crippen LogP) is 3.90. The highest BCUT2D eigenvalue weighted by Crippen LogP contribution is 2.32. The Bertz CT molecular complexity index is 832.